The van der Waals surface area contributed by atoms with E-state index in [0.29, 0.717) is 24.9 Å². The van der Waals surface area contributed by atoms with Gasteiger partial charge in [0.2, 0.25) is 5.91 Å². The third-order valence-electron chi connectivity index (χ3n) is 3.45. The zero-order valence-electron chi connectivity index (χ0n) is 12.3. The van der Waals surface area contributed by atoms with Crippen molar-refractivity contribution in [2.75, 3.05) is 6.54 Å². The van der Waals surface area contributed by atoms with Gasteiger partial charge in [-0.1, -0.05) is 28.1 Å². The van der Waals surface area contributed by atoms with Gasteiger partial charge in [0.15, 0.2) is 0 Å². The van der Waals surface area contributed by atoms with Gasteiger partial charge in [-0.15, -0.1) is 0 Å². The molecular weight excluding hydrogens is 361 g/mol. The van der Waals surface area contributed by atoms with Gasteiger partial charge in [-0.05, 0) is 35.9 Å². The predicted molar refractivity (Wildman–Crippen MR) is 90.6 cm³/mol. The highest BCUT2D eigenvalue weighted by Gasteiger charge is 2.06. The first-order chi connectivity index (χ1) is 11.1. The summed E-state index contributed by atoms with van der Waals surface area (Å²) in [5, 5.41) is 2.87. The van der Waals surface area contributed by atoms with Crippen molar-refractivity contribution in [2.45, 2.75) is 12.8 Å². The van der Waals surface area contributed by atoms with Gasteiger partial charge in [0, 0.05) is 17.4 Å². The lowest BCUT2D eigenvalue weighted by atomic mass is 10.1. The van der Waals surface area contributed by atoms with Crippen molar-refractivity contribution >= 4 is 32.9 Å². The molecule has 0 saturated heterocycles. The van der Waals surface area contributed by atoms with Crippen LogP contribution in [0.25, 0.3) is 11.0 Å². The number of carbonyl (C=O) groups excluding carboxylic acids is 1. The average Bonchev–Trinajstić information content (AvgIpc) is 2.91. The molecule has 2 aromatic carbocycles. The summed E-state index contributed by atoms with van der Waals surface area (Å²) in [6.07, 6.45) is 0.918. The molecule has 0 fully saturated rings. The SMILES string of the molecule is O=C(Cc1ccc(Br)cc1)NCCc1nc2ccc(F)cc2[nH]1. The second-order valence-electron chi connectivity index (χ2n) is 5.25. The standard InChI is InChI=1S/C17H15BrFN3O/c18-12-3-1-11(2-4-12)9-17(23)20-8-7-16-21-14-6-5-13(19)10-15(14)22-16/h1-6,10H,7-9H2,(H,20,23)(H,21,22). The number of nitrogens with one attached hydrogen (secondary N) is 2. The molecule has 23 heavy (non-hydrogen) atoms. The monoisotopic (exact) mass is 375 g/mol. The number of aromatic amines is 1. The van der Waals surface area contributed by atoms with Crippen LogP contribution in [0, 0.1) is 5.82 Å². The lowest BCUT2D eigenvalue weighted by Crippen LogP contribution is -2.27. The van der Waals surface area contributed by atoms with Gasteiger partial charge in [-0.25, -0.2) is 9.37 Å². The number of benzene rings is 2. The maximum atomic E-state index is 13.1. The highest BCUT2D eigenvalue weighted by molar-refractivity contribution is 9.10. The van der Waals surface area contributed by atoms with E-state index in [-0.39, 0.29) is 11.7 Å². The Morgan fingerprint density at radius 1 is 1.22 bits per heavy atom. The third kappa shape index (κ3) is 4.16. The predicted octanol–water partition coefficient (Wildman–Crippen LogP) is 3.37. The Morgan fingerprint density at radius 2 is 2.00 bits per heavy atom. The van der Waals surface area contributed by atoms with E-state index in [1.54, 1.807) is 6.07 Å². The number of fused-ring (bicyclic) bond motifs is 1. The summed E-state index contributed by atoms with van der Waals surface area (Å²) in [5.41, 5.74) is 2.36. The van der Waals surface area contributed by atoms with Gasteiger partial charge < -0.3 is 10.3 Å². The smallest absolute Gasteiger partial charge is 0.224 e. The van der Waals surface area contributed by atoms with E-state index < -0.39 is 0 Å². The molecule has 0 atom stereocenters. The molecule has 6 heteroatoms. The van der Waals surface area contributed by atoms with E-state index in [1.807, 2.05) is 24.3 Å². The number of H-pyrrole nitrogens is 1. The summed E-state index contributed by atoms with van der Waals surface area (Å²) in [6, 6.07) is 12.1. The summed E-state index contributed by atoms with van der Waals surface area (Å²) in [5.74, 6) is 0.402. The van der Waals surface area contributed by atoms with Gasteiger partial charge in [-0.3, -0.25) is 4.79 Å². The fourth-order valence-electron chi connectivity index (χ4n) is 2.32. The zero-order valence-corrected chi connectivity index (χ0v) is 13.9. The quantitative estimate of drug-likeness (QED) is 0.718. The van der Waals surface area contributed by atoms with Crippen molar-refractivity contribution in [1.29, 1.82) is 0 Å². The minimum absolute atomic E-state index is 0.0329. The minimum atomic E-state index is -0.296. The first-order valence-corrected chi connectivity index (χ1v) is 8.05. The first-order valence-electron chi connectivity index (χ1n) is 7.25. The van der Waals surface area contributed by atoms with Crippen molar-refractivity contribution in [3.8, 4) is 0 Å². The number of rotatable bonds is 5. The van der Waals surface area contributed by atoms with Crippen LogP contribution in [0.15, 0.2) is 46.9 Å². The molecule has 0 aliphatic carbocycles. The van der Waals surface area contributed by atoms with Crippen LogP contribution in [0.5, 0.6) is 0 Å². The van der Waals surface area contributed by atoms with E-state index in [4.69, 9.17) is 0 Å². The number of hydrogen-bond donors (Lipinski definition) is 2. The molecule has 1 heterocycles. The van der Waals surface area contributed by atoms with Crippen molar-refractivity contribution < 1.29 is 9.18 Å². The topological polar surface area (TPSA) is 57.8 Å². The number of halogens is 2. The van der Waals surface area contributed by atoms with Gasteiger partial charge in [0.25, 0.3) is 0 Å². The molecule has 0 aliphatic rings. The van der Waals surface area contributed by atoms with Crippen LogP contribution in [0.4, 0.5) is 4.39 Å². The van der Waals surface area contributed by atoms with E-state index in [2.05, 4.69) is 31.2 Å². The molecule has 0 radical (unpaired) electrons. The van der Waals surface area contributed by atoms with Crippen LogP contribution in [-0.2, 0) is 17.6 Å². The maximum Gasteiger partial charge on any atom is 0.224 e. The Morgan fingerprint density at radius 3 is 2.78 bits per heavy atom. The van der Waals surface area contributed by atoms with Crippen LogP contribution in [0.2, 0.25) is 0 Å². The van der Waals surface area contributed by atoms with Crippen LogP contribution >= 0.6 is 15.9 Å². The minimum Gasteiger partial charge on any atom is -0.355 e. The van der Waals surface area contributed by atoms with E-state index >= 15 is 0 Å². The summed E-state index contributed by atoms with van der Waals surface area (Å²) >= 11 is 3.36. The summed E-state index contributed by atoms with van der Waals surface area (Å²) in [4.78, 5) is 19.3. The Balaban J connectivity index is 1.51. The third-order valence-corrected chi connectivity index (χ3v) is 3.98. The zero-order chi connectivity index (χ0) is 16.2. The maximum absolute atomic E-state index is 13.1. The lowest BCUT2D eigenvalue weighted by molar-refractivity contribution is -0.120. The molecule has 0 aliphatic heterocycles. The Labute approximate surface area is 141 Å². The fourth-order valence-corrected chi connectivity index (χ4v) is 2.59. The van der Waals surface area contributed by atoms with E-state index in [0.717, 1.165) is 21.4 Å². The second-order valence-corrected chi connectivity index (χ2v) is 6.16. The number of imidazole rings is 1. The normalized spacial score (nSPS) is 10.9. The molecule has 0 spiro atoms. The molecule has 0 bridgehead atoms. The lowest BCUT2D eigenvalue weighted by Gasteiger charge is -2.04. The molecule has 1 aromatic heterocycles. The average molecular weight is 376 g/mol. The van der Waals surface area contributed by atoms with Crippen molar-refractivity contribution in [1.82, 2.24) is 15.3 Å². The molecule has 4 nitrogen and oxygen atoms in total. The largest absolute Gasteiger partial charge is 0.355 e. The van der Waals surface area contributed by atoms with E-state index in [9.17, 15) is 9.18 Å². The molecule has 0 unspecified atom stereocenters. The summed E-state index contributed by atoms with van der Waals surface area (Å²) < 4.78 is 14.1. The Hall–Kier alpha value is -2.21. The fraction of sp³-hybridized carbons (Fsp3) is 0.176. The number of amides is 1. The van der Waals surface area contributed by atoms with Crippen LogP contribution in [0.3, 0.4) is 0 Å². The Kier molecular flexibility index (Phi) is 4.71. The number of carbonyl (C=O) groups is 1. The van der Waals surface area contributed by atoms with Crippen molar-refractivity contribution in [2.24, 2.45) is 0 Å². The number of hydrogen-bond acceptors (Lipinski definition) is 2. The van der Waals surface area contributed by atoms with Gasteiger partial charge in [0.1, 0.15) is 11.6 Å². The summed E-state index contributed by atoms with van der Waals surface area (Å²) in [6.45, 7) is 0.484. The number of aromatic nitrogens is 2. The molecule has 3 aromatic rings. The molecular formula is C17H15BrFN3O. The Bertz CT molecular complexity index is 829. The van der Waals surface area contributed by atoms with Crippen molar-refractivity contribution in [3.05, 3.63) is 64.1 Å². The highest BCUT2D eigenvalue weighted by Crippen LogP contribution is 2.13. The van der Waals surface area contributed by atoms with Crippen LogP contribution in [0.1, 0.15) is 11.4 Å². The van der Waals surface area contributed by atoms with Crippen molar-refractivity contribution in [3.63, 3.8) is 0 Å². The second kappa shape index (κ2) is 6.91. The molecule has 2 N–H and O–H groups in total. The van der Waals surface area contributed by atoms with Crippen LogP contribution < -0.4 is 5.32 Å². The first kappa shape index (κ1) is 15.7. The van der Waals surface area contributed by atoms with Gasteiger partial charge >= 0.3 is 0 Å². The summed E-state index contributed by atoms with van der Waals surface area (Å²) in [7, 11) is 0. The highest BCUT2D eigenvalue weighted by atomic mass is 79.9. The van der Waals surface area contributed by atoms with E-state index in [1.165, 1.54) is 12.1 Å². The molecule has 0 saturated carbocycles. The number of nitrogens with zero attached hydrogens (tertiary/aromatic N) is 1. The van der Waals surface area contributed by atoms with Gasteiger partial charge in [-0.2, -0.15) is 0 Å². The van der Waals surface area contributed by atoms with Crippen LogP contribution in [-0.4, -0.2) is 22.4 Å². The molecule has 1 amide bonds. The molecule has 3 rings (SSSR count). The van der Waals surface area contributed by atoms with Gasteiger partial charge in [0.05, 0.1) is 17.5 Å². The molecule has 118 valence electrons.